The van der Waals surface area contributed by atoms with E-state index in [0.717, 1.165) is 17.1 Å². The zero-order valence-corrected chi connectivity index (χ0v) is 18.5. The monoisotopic (exact) mass is 430 g/mol. The molecule has 0 saturated carbocycles. The fraction of sp³-hybridized carbons (Fsp3) is 0.320. The highest BCUT2D eigenvalue weighted by atomic mass is 16.6. The molecule has 0 bridgehead atoms. The van der Waals surface area contributed by atoms with Gasteiger partial charge in [-0.15, -0.1) is 0 Å². The zero-order chi connectivity index (χ0) is 23.1. The molecule has 0 saturated heterocycles. The molecule has 0 spiro atoms. The van der Waals surface area contributed by atoms with Crippen LogP contribution < -0.4 is 9.64 Å². The number of ether oxygens (including phenoxy) is 2. The first-order chi connectivity index (χ1) is 15.3. The molecule has 2 aromatic carbocycles. The summed E-state index contributed by atoms with van der Waals surface area (Å²) in [6.45, 7) is 6.07. The molecule has 32 heavy (non-hydrogen) atoms. The van der Waals surface area contributed by atoms with Crippen LogP contribution in [0.4, 0.5) is 10.5 Å². The predicted molar refractivity (Wildman–Crippen MR) is 121 cm³/mol. The third-order valence-corrected chi connectivity index (χ3v) is 4.78. The summed E-state index contributed by atoms with van der Waals surface area (Å²) >= 11 is 0. The Balaban J connectivity index is 1.80. The first-order valence-electron chi connectivity index (χ1n) is 10.4. The van der Waals surface area contributed by atoms with Crippen molar-refractivity contribution in [2.24, 2.45) is 0 Å². The quantitative estimate of drug-likeness (QED) is 0.604. The Kier molecular flexibility index (Phi) is 7.02. The van der Waals surface area contributed by atoms with Crippen LogP contribution in [0.5, 0.6) is 11.5 Å². The van der Waals surface area contributed by atoms with Gasteiger partial charge in [0.05, 0.1) is 24.3 Å². The molecule has 3 rings (SSSR count). The van der Waals surface area contributed by atoms with Gasteiger partial charge in [-0.1, -0.05) is 18.2 Å². The average Bonchev–Trinajstić information content (AvgIpc) is 2.77. The first kappa shape index (κ1) is 22.7. The Hall–Kier alpha value is -3.97. The number of nitriles is 2. The van der Waals surface area contributed by atoms with Crippen LogP contribution in [0.1, 0.15) is 27.2 Å². The highest BCUT2D eigenvalue weighted by Crippen LogP contribution is 2.30. The minimum Gasteiger partial charge on any atom is -0.457 e. The Morgan fingerprint density at radius 2 is 1.72 bits per heavy atom. The van der Waals surface area contributed by atoms with Crippen LogP contribution in [0.15, 0.2) is 65.9 Å². The molecule has 1 aliphatic rings. The van der Waals surface area contributed by atoms with Crippen molar-refractivity contribution in [1.29, 1.82) is 10.5 Å². The summed E-state index contributed by atoms with van der Waals surface area (Å²) in [5.74, 6) is 1.41. The van der Waals surface area contributed by atoms with Gasteiger partial charge in [-0.2, -0.15) is 10.5 Å². The van der Waals surface area contributed by atoms with E-state index in [4.69, 9.17) is 9.47 Å². The van der Waals surface area contributed by atoms with Crippen molar-refractivity contribution in [1.82, 2.24) is 4.90 Å². The van der Waals surface area contributed by atoms with Crippen LogP contribution in [-0.2, 0) is 4.74 Å². The molecule has 7 nitrogen and oxygen atoms in total. The SMILES string of the molecule is CC(C)(C)OC(=O)N1CCC(N(CC#N)c2ccc(Oc3ccccc3)cc2)=C(C#N)C1. The van der Waals surface area contributed by atoms with Gasteiger partial charge >= 0.3 is 6.09 Å². The number of nitrogens with zero attached hydrogens (tertiary/aromatic N) is 4. The second kappa shape index (κ2) is 9.89. The lowest BCUT2D eigenvalue weighted by molar-refractivity contribution is 0.0261. The molecule has 1 aliphatic heterocycles. The van der Waals surface area contributed by atoms with E-state index in [2.05, 4.69) is 12.1 Å². The van der Waals surface area contributed by atoms with E-state index in [9.17, 15) is 15.3 Å². The van der Waals surface area contributed by atoms with E-state index >= 15 is 0 Å². The largest absolute Gasteiger partial charge is 0.457 e. The second-order valence-electron chi connectivity index (χ2n) is 8.34. The molecule has 2 aromatic rings. The number of hydrogen-bond donors (Lipinski definition) is 0. The first-order valence-corrected chi connectivity index (χ1v) is 10.4. The average molecular weight is 431 g/mol. The van der Waals surface area contributed by atoms with Crippen LogP contribution >= 0.6 is 0 Å². The number of anilines is 1. The molecular weight excluding hydrogens is 404 g/mol. The van der Waals surface area contributed by atoms with E-state index < -0.39 is 11.7 Å². The molecular formula is C25H26N4O3. The van der Waals surface area contributed by atoms with Crippen molar-refractivity contribution in [3.8, 4) is 23.6 Å². The fourth-order valence-corrected chi connectivity index (χ4v) is 3.37. The molecule has 0 radical (unpaired) electrons. The van der Waals surface area contributed by atoms with Gasteiger partial charge in [0, 0.05) is 24.4 Å². The van der Waals surface area contributed by atoms with Crippen LogP contribution in [0.3, 0.4) is 0 Å². The lowest BCUT2D eigenvalue weighted by Crippen LogP contribution is -2.42. The number of carbonyl (C=O) groups is 1. The van der Waals surface area contributed by atoms with Gasteiger partial charge in [-0.05, 0) is 57.2 Å². The van der Waals surface area contributed by atoms with E-state index in [1.54, 1.807) is 20.8 Å². The summed E-state index contributed by atoms with van der Waals surface area (Å²) in [6, 6.07) is 21.2. The Morgan fingerprint density at radius 3 is 2.31 bits per heavy atom. The van der Waals surface area contributed by atoms with Crippen molar-refractivity contribution < 1.29 is 14.3 Å². The van der Waals surface area contributed by atoms with E-state index in [1.807, 2.05) is 59.5 Å². The molecule has 0 aromatic heterocycles. The summed E-state index contributed by atoms with van der Waals surface area (Å²) in [4.78, 5) is 15.8. The van der Waals surface area contributed by atoms with Gasteiger partial charge in [0.15, 0.2) is 0 Å². The van der Waals surface area contributed by atoms with Gasteiger partial charge in [0.2, 0.25) is 0 Å². The highest BCUT2D eigenvalue weighted by molar-refractivity contribution is 5.70. The standard InChI is InChI=1S/C25H26N4O3/c1-25(2,3)32-24(30)28-15-13-23(19(17-27)18-28)29(16-14-26)20-9-11-22(12-10-20)31-21-7-5-4-6-8-21/h4-12H,13,15-16,18H2,1-3H3. The van der Waals surface area contributed by atoms with Gasteiger partial charge in [0.1, 0.15) is 23.6 Å². The Bertz CT molecular complexity index is 1060. The highest BCUT2D eigenvalue weighted by Gasteiger charge is 2.29. The summed E-state index contributed by atoms with van der Waals surface area (Å²) in [6.07, 6.45) is 0.00469. The van der Waals surface area contributed by atoms with Crippen molar-refractivity contribution in [2.75, 3.05) is 24.5 Å². The summed E-state index contributed by atoms with van der Waals surface area (Å²) in [5, 5.41) is 19.1. The maximum absolute atomic E-state index is 12.4. The maximum Gasteiger partial charge on any atom is 0.410 e. The normalized spacial score (nSPS) is 13.7. The third-order valence-electron chi connectivity index (χ3n) is 4.78. The third kappa shape index (κ3) is 5.80. The molecule has 1 amide bonds. The molecule has 0 N–H and O–H groups in total. The second-order valence-corrected chi connectivity index (χ2v) is 8.34. The van der Waals surface area contributed by atoms with Gasteiger partial charge < -0.3 is 19.3 Å². The van der Waals surface area contributed by atoms with Crippen LogP contribution in [-0.4, -0.2) is 36.2 Å². The zero-order valence-electron chi connectivity index (χ0n) is 18.5. The number of para-hydroxylation sites is 1. The van der Waals surface area contributed by atoms with Gasteiger partial charge in [-0.3, -0.25) is 0 Å². The molecule has 0 fully saturated rings. The predicted octanol–water partition coefficient (Wildman–Crippen LogP) is 5.23. The number of hydrogen-bond acceptors (Lipinski definition) is 6. The van der Waals surface area contributed by atoms with E-state index in [1.165, 1.54) is 4.90 Å². The fourth-order valence-electron chi connectivity index (χ4n) is 3.37. The van der Waals surface area contributed by atoms with Gasteiger partial charge in [-0.25, -0.2) is 4.79 Å². The molecule has 0 aliphatic carbocycles. The maximum atomic E-state index is 12.4. The van der Waals surface area contributed by atoms with Crippen molar-refractivity contribution >= 4 is 11.8 Å². The van der Waals surface area contributed by atoms with Crippen molar-refractivity contribution in [3.63, 3.8) is 0 Å². The summed E-state index contributed by atoms with van der Waals surface area (Å²) in [5.41, 5.74) is 1.36. The number of carbonyl (C=O) groups excluding carboxylic acids is 1. The minimum absolute atomic E-state index is 0.0891. The van der Waals surface area contributed by atoms with E-state index in [0.29, 0.717) is 24.3 Å². The van der Waals surface area contributed by atoms with Crippen LogP contribution in [0.2, 0.25) is 0 Å². The summed E-state index contributed by atoms with van der Waals surface area (Å²) < 4.78 is 11.3. The number of rotatable bonds is 5. The topological polar surface area (TPSA) is 89.6 Å². The number of benzene rings is 2. The Morgan fingerprint density at radius 1 is 1.06 bits per heavy atom. The van der Waals surface area contributed by atoms with Crippen molar-refractivity contribution in [2.45, 2.75) is 32.8 Å². The van der Waals surface area contributed by atoms with Crippen molar-refractivity contribution in [3.05, 3.63) is 65.9 Å². The lowest BCUT2D eigenvalue weighted by atomic mass is 10.0. The lowest BCUT2D eigenvalue weighted by Gasteiger charge is -2.34. The molecule has 0 unspecified atom stereocenters. The molecule has 164 valence electrons. The van der Waals surface area contributed by atoms with E-state index in [-0.39, 0.29) is 13.1 Å². The van der Waals surface area contributed by atoms with Crippen LogP contribution in [0, 0.1) is 22.7 Å². The number of amides is 1. The Labute approximate surface area is 188 Å². The van der Waals surface area contributed by atoms with Crippen LogP contribution in [0.25, 0.3) is 0 Å². The summed E-state index contributed by atoms with van der Waals surface area (Å²) in [7, 11) is 0. The molecule has 7 heteroatoms. The smallest absolute Gasteiger partial charge is 0.410 e. The minimum atomic E-state index is -0.607. The molecule has 1 heterocycles. The molecule has 0 atom stereocenters. The van der Waals surface area contributed by atoms with Gasteiger partial charge in [0.25, 0.3) is 0 Å².